The molecule has 0 bridgehead atoms. The zero-order valence-electron chi connectivity index (χ0n) is 15.7. The average molecular weight is 379 g/mol. The molecule has 1 N–H and O–H groups in total. The van der Waals surface area contributed by atoms with Crippen LogP contribution in [0.15, 0.2) is 23.2 Å². The molecule has 26 heavy (non-hydrogen) atoms. The summed E-state index contributed by atoms with van der Waals surface area (Å²) >= 11 is 0. The molecule has 2 aromatic heterocycles. The number of nitrogens with zero attached hydrogens (tertiary/aromatic N) is 4. The van der Waals surface area contributed by atoms with Crippen molar-refractivity contribution in [2.24, 2.45) is 7.05 Å². The van der Waals surface area contributed by atoms with E-state index in [1.165, 1.54) is 4.68 Å². The Morgan fingerprint density at radius 3 is 2.65 bits per heavy atom. The fourth-order valence-corrected chi connectivity index (χ4v) is 5.25. The Bertz CT molecular complexity index is 944. The van der Waals surface area contributed by atoms with Crippen LogP contribution in [0.25, 0.3) is 0 Å². The molecule has 0 radical (unpaired) electrons. The quantitative estimate of drug-likeness (QED) is 0.862. The van der Waals surface area contributed by atoms with E-state index in [4.69, 9.17) is 0 Å². The van der Waals surface area contributed by atoms with E-state index in [2.05, 4.69) is 14.4 Å². The van der Waals surface area contributed by atoms with Crippen molar-refractivity contribution in [3.63, 3.8) is 0 Å². The molecule has 0 aromatic carbocycles. The van der Waals surface area contributed by atoms with Crippen molar-refractivity contribution in [2.75, 3.05) is 6.54 Å². The molecule has 0 spiro atoms. The maximum atomic E-state index is 12.9. The fourth-order valence-electron chi connectivity index (χ4n) is 3.61. The van der Waals surface area contributed by atoms with E-state index in [1.54, 1.807) is 32.7 Å². The minimum Gasteiger partial charge on any atom is -0.348 e. The third kappa shape index (κ3) is 3.05. The van der Waals surface area contributed by atoms with Gasteiger partial charge >= 0.3 is 0 Å². The fraction of sp³-hybridized carbons (Fsp3) is 0.529. The van der Waals surface area contributed by atoms with Gasteiger partial charge in [-0.25, -0.2) is 8.42 Å². The Morgan fingerprint density at radius 1 is 1.35 bits per heavy atom. The van der Waals surface area contributed by atoms with Crippen molar-refractivity contribution in [3.05, 3.63) is 35.4 Å². The third-order valence-electron chi connectivity index (χ3n) is 5.04. The highest BCUT2D eigenvalue weighted by atomic mass is 32.2. The molecule has 1 aliphatic heterocycles. The zero-order chi connectivity index (χ0) is 19.2. The van der Waals surface area contributed by atoms with Crippen molar-refractivity contribution in [1.82, 2.24) is 24.0 Å². The number of rotatable bonds is 4. The second-order valence-corrected chi connectivity index (χ2v) is 8.45. The predicted octanol–water partition coefficient (Wildman–Crippen LogP) is 1.11. The second-order valence-electron chi connectivity index (χ2n) is 6.80. The molecule has 1 amide bonds. The highest BCUT2D eigenvalue weighted by Crippen LogP contribution is 2.26. The van der Waals surface area contributed by atoms with Gasteiger partial charge in [0, 0.05) is 32.0 Å². The number of sulfonamides is 1. The van der Waals surface area contributed by atoms with Gasteiger partial charge in [-0.2, -0.15) is 9.82 Å². The van der Waals surface area contributed by atoms with Crippen molar-refractivity contribution in [1.29, 1.82) is 0 Å². The number of fused-ring (bicyclic) bond motifs is 1. The van der Waals surface area contributed by atoms with Crippen molar-refractivity contribution < 1.29 is 13.2 Å². The Morgan fingerprint density at radius 2 is 2.04 bits per heavy atom. The van der Waals surface area contributed by atoms with E-state index >= 15 is 0 Å². The monoisotopic (exact) mass is 379 g/mol. The lowest BCUT2D eigenvalue weighted by Crippen LogP contribution is -2.50. The maximum absolute atomic E-state index is 12.9. The number of aromatic nitrogens is 3. The topological polar surface area (TPSA) is 89.2 Å². The summed E-state index contributed by atoms with van der Waals surface area (Å²) in [6.07, 6.45) is 1.99. The molecular weight excluding hydrogens is 354 g/mol. The summed E-state index contributed by atoms with van der Waals surface area (Å²) in [5.41, 5.74) is 2.01. The first-order valence-corrected chi connectivity index (χ1v) is 10.1. The molecule has 9 heteroatoms. The van der Waals surface area contributed by atoms with E-state index in [9.17, 15) is 13.2 Å². The average Bonchev–Trinajstić information content (AvgIpc) is 3.12. The zero-order valence-corrected chi connectivity index (χ0v) is 16.5. The molecule has 1 aliphatic rings. The van der Waals surface area contributed by atoms with Gasteiger partial charge in [-0.15, -0.1) is 0 Å². The van der Waals surface area contributed by atoms with Crippen LogP contribution in [0, 0.1) is 13.8 Å². The number of hydrogen-bond acceptors (Lipinski definition) is 4. The van der Waals surface area contributed by atoms with Crippen LogP contribution in [-0.4, -0.2) is 46.2 Å². The van der Waals surface area contributed by atoms with Crippen LogP contribution in [0.2, 0.25) is 0 Å². The van der Waals surface area contributed by atoms with Crippen LogP contribution >= 0.6 is 0 Å². The number of hydrogen-bond donors (Lipinski definition) is 1. The van der Waals surface area contributed by atoms with Crippen molar-refractivity contribution >= 4 is 15.9 Å². The molecule has 0 aliphatic carbocycles. The van der Waals surface area contributed by atoms with Crippen LogP contribution < -0.4 is 4.72 Å². The van der Waals surface area contributed by atoms with Gasteiger partial charge in [0.15, 0.2) is 0 Å². The minimum absolute atomic E-state index is 0.0972. The number of amides is 1. The highest BCUT2D eigenvalue weighted by molar-refractivity contribution is 7.89. The van der Waals surface area contributed by atoms with Crippen LogP contribution in [0.3, 0.4) is 0 Å². The van der Waals surface area contributed by atoms with Crippen LogP contribution in [0.5, 0.6) is 0 Å². The third-order valence-corrected chi connectivity index (χ3v) is 6.83. The van der Waals surface area contributed by atoms with Gasteiger partial charge in [-0.3, -0.25) is 9.48 Å². The minimum atomic E-state index is -3.84. The van der Waals surface area contributed by atoms with E-state index in [1.807, 2.05) is 25.3 Å². The maximum Gasteiger partial charge on any atom is 0.244 e. The molecule has 0 unspecified atom stereocenters. The van der Waals surface area contributed by atoms with Gasteiger partial charge in [-0.05, 0) is 39.8 Å². The molecule has 0 saturated heterocycles. The predicted molar refractivity (Wildman–Crippen MR) is 97.0 cm³/mol. The Balaban J connectivity index is 1.79. The van der Waals surface area contributed by atoms with Gasteiger partial charge in [0.2, 0.25) is 15.9 Å². The number of carbonyl (C=O) groups excluding carboxylic acids is 1. The van der Waals surface area contributed by atoms with E-state index < -0.39 is 16.1 Å². The van der Waals surface area contributed by atoms with Gasteiger partial charge in [-0.1, -0.05) is 0 Å². The van der Waals surface area contributed by atoms with Gasteiger partial charge in [0.1, 0.15) is 4.90 Å². The largest absolute Gasteiger partial charge is 0.348 e. The lowest BCUT2D eigenvalue weighted by Gasteiger charge is -2.36. The number of nitrogens with one attached hydrogen (secondary N) is 1. The summed E-state index contributed by atoms with van der Waals surface area (Å²) in [4.78, 5) is 14.8. The van der Waals surface area contributed by atoms with Crippen LogP contribution in [0.4, 0.5) is 0 Å². The Hall–Kier alpha value is -2.13. The first kappa shape index (κ1) is 18.7. The Labute approximate surface area is 153 Å². The molecule has 0 saturated carbocycles. The lowest BCUT2D eigenvalue weighted by atomic mass is 10.1. The molecule has 2 aromatic rings. The van der Waals surface area contributed by atoms with Gasteiger partial charge in [0.25, 0.3) is 0 Å². The van der Waals surface area contributed by atoms with E-state index in [0.29, 0.717) is 24.5 Å². The smallest absolute Gasteiger partial charge is 0.244 e. The summed E-state index contributed by atoms with van der Waals surface area (Å²) in [7, 11) is -2.14. The summed E-state index contributed by atoms with van der Waals surface area (Å²) in [5.74, 6) is -0.229. The molecule has 3 heterocycles. The standard InChI is InChI=1S/C17H25N5O3S/c1-11-16(14(4)20(5)18-11)26(24,25)19-12(2)17(23)22-10-9-21-8-6-7-15(21)13(22)3/h6-8,12-13,19H,9-10H2,1-5H3/t12-,13-/m0/s1. The summed E-state index contributed by atoms with van der Waals surface area (Å²) < 4.78 is 31.7. The number of carbonyl (C=O) groups is 1. The molecule has 0 fully saturated rings. The second kappa shape index (κ2) is 6.55. The SMILES string of the molecule is Cc1nn(C)c(C)c1S(=O)(=O)N[C@@H](C)C(=O)N1CCn2cccc2[C@@H]1C. The van der Waals surface area contributed by atoms with E-state index in [-0.39, 0.29) is 16.8 Å². The summed E-state index contributed by atoms with van der Waals surface area (Å²) in [6, 6.07) is 2.99. The summed E-state index contributed by atoms with van der Waals surface area (Å²) in [5, 5.41) is 4.15. The van der Waals surface area contributed by atoms with E-state index in [0.717, 1.165) is 5.69 Å². The van der Waals surface area contributed by atoms with Crippen molar-refractivity contribution in [2.45, 2.75) is 51.2 Å². The first-order chi connectivity index (χ1) is 12.1. The van der Waals surface area contributed by atoms with Crippen LogP contribution in [0.1, 0.15) is 37.0 Å². The van der Waals surface area contributed by atoms with Crippen molar-refractivity contribution in [3.8, 4) is 0 Å². The molecule has 2 atom stereocenters. The van der Waals surface area contributed by atoms with Crippen LogP contribution in [-0.2, 0) is 28.4 Å². The molecule has 3 rings (SSSR count). The van der Waals surface area contributed by atoms with Gasteiger partial charge < -0.3 is 9.47 Å². The molecule has 142 valence electrons. The molecule has 8 nitrogen and oxygen atoms in total. The van der Waals surface area contributed by atoms with Gasteiger partial charge in [0.05, 0.1) is 23.5 Å². The first-order valence-electron chi connectivity index (χ1n) is 8.61. The lowest BCUT2D eigenvalue weighted by molar-refractivity contribution is -0.135. The normalized spacial score (nSPS) is 18.7. The molecular formula is C17H25N5O3S. The highest BCUT2D eigenvalue weighted by Gasteiger charge is 2.33. The number of aryl methyl sites for hydroxylation is 2. The Kier molecular flexibility index (Phi) is 4.70. The summed E-state index contributed by atoms with van der Waals surface area (Å²) in [6.45, 7) is 8.15.